The fourth-order valence-corrected chi connectivity index (χ4v) is 5.53. The molecule has 1 aliphatic rings. The van der Waals surface area contributed by atoms with Crippen molar-refractivity contribution in [2.45, 2.75) is 13.1 Å². The van der Waals surface area contributed by atoms with Crippen LogP contribution in [0.5, 0.6) is 0 Å². The third kappa shape index (κ3) is 6.25. The summed E-state index contributed by atoms with van der Waals surface area (Å²) in [6.45, 7) is 6.10. The first-order chi connectivity index (χ1) is 17.1. The van der Waals surface area contributed by atoms with Gasteiger partial charge in [-0.05, 0) is 49.0 Å². The minimum absolute atomic E-state index is 0.0177. The second kappa shape index (κ2) is 11.0. The van der Waals surface area contributed by atoms with Gasteiger partial charge in [0, 0.05) is 44.1 Å². The maximum absolute atomic E-state index is 12.6. The lowest BCUT2D eigenvalue weighted by Crippen LogP contribution is -2.45. The van der Waals surface area contributed by atoms with Gasteiger partial charge in [-0.25, -0.2) is 4.98 Å². The van der Waals surface area contributed by atoms with E-state index < -0.39 is 0 Å². The summed E-state index contributed by atoms with van der Waals surface area (Å²) in [6.07, 6.45) is 0. The summed E-state index contributed by atoms with van der Waals surface area (Å²) in [4.78, 5) is 24.2. The molecular formula is C28H31N5OS. The number of rotatable bonds is 8. The zero-order chi connectivity index (χ0) is 24.0. The number of hydrogen-bond acceptors (Lipinski definition) is 6. The van der Waals surface area contributed by atoms with Crippen molar-refractivity contribution in [3.8, 4) is 0 Å². The first-order valence-corrected chi connectivity index (χ1v) is 12.9. The summed E-state index contributed by atoms with van der Waals surface area (Å²) in [5.41, 5.74) is 4.42. The maximum Gasteiger partial charge on any atom is 0.238 e. The molecule has 5 rings (SSSR count). The van der Waals surface area contributed by atoms with Gasteiger partial charge in [0.2, 0.25) is 5.91 Å². The number of aromatic nitrogens is 1. The molecule has 1 fully saturated rings. The molecule has 6 nitrogen and oxygen atoms in total. The number of fused-ring (bicyclic) bond motifs is 1. The van der Waals surface area contributed by atoms with Crippen LogP contribution in [0, 0.1) is 0 Å². The number of benzene rings is 3. The van der Waals surface area contributed by atoms with Gasteiger partial charge >= 0.3 is 0 Å². The van der Waals surface area contributed by atoms with Gasteiger partial charge < -0.3 is 10.2 Å². The Morgan fingerprint density at radius 3 is 2.40 bits per heavy atom. The van der Waals surface area contributed by atoms with Crippen molar-refractivity contribution in [2.75, 3.05) is 50.0 Å². The molecular weight excluding hydrogens is 454 g/mol. The van der Waals surface area contributed by atoms with Gasteiger partial charge in [-0.2, -0.15) is 0 Å². The Kier molecular flexibility index (Phi) is 7.37. The van der Waals surface area contributed by atoms with E-state index in [1.54, 1.807) is 11.3 Å². The van der Waals surface area contributed by atoms with Crippen LogP contribution in [0.3, 0.4) is 0 Å². The molecule has 3 aromatic carbocycles. The lowest BCUT2D eigenvalue weighted by Gasteiger charge is -2.36. The summed E-state index contributed by atoms with van der Waals surface area (Å²) in [7, 11) is 1.95. The molecule has 0 bridgehead atoms. The van der Waals surface area contributed by atoms with Gasteiger partial charge in [-0.15, -0.1) is 11.3 Å². The summed E-state index contributed by atoms with van der Waals surface area (Å²) in [5.74, 6) is -0.0177. The molecule has 2 heterocycles. The Morgan fingerprint density at radius 2 is 1.66 bits per heavy atom. The molecule has 0 atom stereocenters. The molecule has 0 unspecified atom stereocenters. The molecule has 0 aliphatic carbocycles. The van der Waals surface area contributed by atoms with Crippen LogP contribution in [-0.4, -0.2) is 60.5 Å². The summed E-state index contributed by atoms with van der Waals surface area (Å²) >= 11 is 1.68. The van der Waals surface area contributed by atoms with Crippen molar-refractivity contribution in [3.63, 3.8) is 0 Å². The third-order valence-electron chi connectivity index (χ3n) is 6.29. The molecule has 180 valence electrons. The van der Waals surface area contributed by atoms with E-state index in [1.165, 1.54) is 16.0 Å². The maximum atomic E-state index is 12.6. The number of amides is 1. The molecule has 0 spiro atoms. The fraction of sp³-hybridized carbons (Fsp3) is 0.286. The Bertz CT molecular complexity index is 1220. The van der Waals surface area contributed by atoms with E-state index in [0.717, 1.165) is 48.9 Å². The average molecular weight is 486 g/mol. The molecule has 1 saturated heterocycles. The number of nitrogens with zero attached hydrogens (tertiary/aromatic N) is 4. The van der Waals surface area contributed by atoms with Gasteiger partial charge in [-0.3, -0.25) is 14.6 Å². The Balaban J connectivity index is 1.08. The Labute approximate surface area is 210 Å². The molecule has 4 aromatic rings. The van der Waals surface area contributed by atoms with E-state index in [4.69, 9.17) is 0 Å². The SMILES string of the molecule is CN(CC(=O)Nc1ccc(N2CCN(Cc3ccccc3)CC2)cc1)Cc1nc2ccccc2s1. The van der Waals surface area contributed by atoms with Gasteiger partial charge in [0.05, 0.1) is 23.3 Å². The zero-order valence-corrected chi connectivity index (χ0v) is 20.9. The highest BCUT2D eigenvalue weighted by Gasteiger charge is 2.17. The monoisotopic (exact) mass is 485 g/mol. The molecule has 0 saturated carbocycles. The normalized spacial score (nSPS) is 14.5. The van der Waals surface area contributed by atoms with Crippen LogP contribution in [0.15, 0.2) is 78.9 Å². The van der Waals surface area contributed by atoms with Crippen molar-refractivity contribution in [2.24, 2.45) is 0 Å². The number of carbonyl (C=O) groups excluding carboxylic acids is 1. The highest BCUT2D eigenvalue weighted by molar-refractivity contribution is 7.18. The minimum atomic E-state index is -0.0177. The van der Waals surface area contributed by atoms with Crippen molar-refractivity contribution >= 4 is 38.8 Å². The smallest absolute Gasteiger partial charge is 0.238 e. The van der Waals surface area contributed by atoms with Crippen LogP contribution < -0.4 is 10.2 Å². The molecule has 1 aliphatic heterocycles. The number of para-hydroxylation sites is 1. The van der Waals surface area contributed by atoms with Crippen molar-refractivity contribution in [3.05, 3.63) is 89.4 Å². The second-order valence-electron chi connectivity index (χ2n) is 9.09. The lowest BCUT2D eigenvalue weighted by molar-refractivity contribution is -0.117. The standard InChI is InChI=1S/C28H31N5OS/c1-31(21-28-30-25-9-5-6-10-26(25)35-28)20-27(34)29-23-11-13-24(14-12-23)33-17-15-32(16-18-33)19-22-7-3-2-4-8-22/h2-14H,15-21H2,1H3,(H,29,34). The number of anilines is 2. The van der Waals surface area contributed by atoms with E-state index in [2.05, 4.69) is 68.6 Å². The van der Waals surface area contributed by atoms with Crippen LogP contribution in [0.2, 0.25) is 0 Å². The minimum Gasteiger partial charge on any atom is -0.369 e. The average Bonchev–Trinajstić information content (AvgIpc) is 3.28. The molecule has 7 heteroatoms. The predicted octanol–water partition coefficient (Wildman–Crippen LogP) is 4.69. The number of nitrogens with one attached hydrogen (secondary N) is 1. The quantitative estimate of drug-likeness (QED) is 0.392. The van der Waals surface area contributed by atoms with Gasteiger partial charge in [-0.1, -0.05) is 42.5 Å². The number of thiazole rings is 1. The lowest BCUT2D eigenvalue weighted by atomic mass is 10.2. The number of hydrogen-bond donors (Lipinski definition) is 1. The third-order valence-corrected chi connectivity index (χ3v) is 7.32. The summed E-state index contributed by atoms with van der Waals surface area (Å²) in [6, 6.07) is 27.0. The number of carbonyl (C=O) groups is 1. The fourth-order valence-electron chi connectivity index (χ4n) is 4.48. The van der Waals surface area contributed by atoms with E-state index in [1.807, 2.05) is 42.3 Å². The van der Waals surface area contributed by atoms with E-state index in [0.29, 0.717) is 13.1 Å². The summed E-state index contributed by atoms with van der Waals surface area (Å²) < 4.78 is 1.18. The van der Waals surface area contributed by atoms with Gasteiger partial charge in [0.15, 0.2) is 0 Å². The highest BCUT2D eigenvalue weighted by Crippen LogP contribution is 2.23. The largest absolute Gasteiger partial charge is 0.369 e. The van der Waals surface area contributed by atoms with Gasteiger partial charge in [0.1, 0.15) is 5.01 Å². The number of piperazine rings is 1. The van der Waals surface area contributed by atoms with Crippen LogP contribution in [0.25, 0.3) is 10.2 Å². The molecule has 1 N–H and O–H groups in total. The van der Waals surface area contributed by atoms with Crippen LogP contribution >= 0.6 is 11.3 Å². The van der Waals surface area contributed by atoms with Gasteiger partial charge in [0.25, 0.3) is 0 Å². The van der Waals surface area contributed by atoms with Crippen LogP contribution in [-0.2, 0) is 17.9 Å². The van der Waals surface area contributed by atoms with Crippen LogP contribution in [0.1, 0.15) is 10.6 Å². The van der Waals surface area contributed by atoms with Crippen molar-refractivity contribution < 1.29 is 4.79 Å². The van der Waals surface area contributed by atoms with Crippen molar-refractivity contribution in [1.29, 1.82) is 0 Å². The second-order valence-corrected chi connectivity index (χ2v) is 10.2. The zero-order valence-electron chi connectivity index (χ0n) is 20.1. The Morgan fingerprint density at radius 1 is 0.943 bits per heavy atom. The predicted molar refractivity (Wildman–Crippen MR) is 145 cm³/mol. The molecule has 0 radical (unpaired) electrons. The summed E-state index contributed by atoms with van der Waals surface area (Å²) in [5, 5.41) is 4.05. The molecule has 1 aromatic heterocycles. The first kappa shape index (κ1) is 23.5. The highest BCUT2D eigenvalue weighted by atomic mass is 32.1. The Hall–Kier alpha value is -3.26. The first-order valence-electron chi connectivity index (χ1n) is 12.1. The molecule has 35 heavy (non-hydrogen) atoms. The van der Waals surface area contributed by atoms with Crippen molar-refractivity contribution in [1.82, 2.24) is 14.8 Å². The van der Waals surface area contributed by atoms with Crippen LogP contribution in [0.4, 0.5) is 11.4 Å². The van der Waals surface area contributed by atoms with E-state index in [9.17, 15) is 4.79 Å². The topological polar surface area (TPSA) is 51.7 Å². The van der Waals surface area contributed by atoms with E-state index in [-0.39, 0.29) is 5.91 Å². The molecule has 1 amide bonds. The number of likely N-dealkylation sites (N-methyl/N-ethyl adjacent to an activating group) is 1. The van der Waals surface area contributed by atoms with E-state index >= 15 is 0 Å².